The summed E-state index contributed by atoms with van der Waals surface area (Å²) in [5, 5.41) is 0. The zero-order valence-corrected chi connectivity index (χ0v) is 16.5. The molecule has 2 N–H and O–H groups in total. The van der Waals surface area contributed by atoms with Gasteiger partial charge in [-0.05, 0) is 32.4 Å². The molecule has 8 heteroatoms. The van der Waals surface area contributed by atoms with E-state index in [9.17, 15) is 9.59 Å². The number of aromatic nitrogens is 1. The Morgan fingerprint density at radius 2 is 2.11 bits per heavy atom. The second-order valence-corrected chi connectivity index (χ2v) is 6.73. The molecule has 0 radical (unpaired) electrons. The lowest BCUT2D eigenvalue weighted by Gasteiger charge is -2.31. The molecule has 0 aromatic carbocycles. The standard InChI is InChI=1S/C20H27N5O3/c1-3-22-16-9-11-24(13-15(16)19(21)20(27)28-4-2)17-8-7-14(12-23-17)25-10-5-6-18(25)26/h7-8,12H,3-6,9-11,13,21H2,1-2H3/b19-15-,22-16?. The predicted octanol–water partition coefficient (Wildman–Crippen LogP) is 1.66. The Labute approximate surface area is 165 Å². The molecule has 3 rings (SSSR count). The van der Waals surface area contributed by atoms with E-state index in [1.807, 2.05) is 19.1 Å². The highest BCUT2D eigenvalue weighted by molar-refractivity contribution is 6.08. The summed E-state index contributed by atoms with van der Waals surface area (Å²) >= 11 is 0. The van der Waals surface area contributed by atoms with E-state index < -0.39 is 5.97 Å². The number of anilines is 2. The first-order chi connectivity index (χ1) is 13.5. The number of carbonyl (C=O) groups excluding carboxylic acids is 2. The molecule has 3 heterocycles. The third-order valence-corrected chi connectivity index (χ3v) is 4.93. The van der Waals surface area contributed by atoms with E-state index in [0.717, 1.165) is 36.7 Å². The number of pyridine rings is 1. The van der Waals surface area contributed by atoms with Gasteiger partial charge in [-0.3, -0.25) is 9.79 Å². The number of aliphatic imine (C=N–C) groups is 1. The second-order valence-electron chi connectivity index (χ2n) is 6.73. The lowest BCUT2D eigenvalue weighted by atomic mass is 9.99. The summed E-state index contributed by atoms with van der Waals surface area (Å²) < 4.78 is 5.06. The highest BCUT2D eigenvalue weighted by Crippen LogP contribution is 2.25. The van der Waals surface area contributed by atoms with Gasteiger partial charge in [-0.15, -0.1) is 0 Å². The molecule has 1 aromatic heterocycles. The maximum Gasteiger partial charge on any atom is 0.354 e. The van der Waals surface area contributed by atoms with E-state index in [4.69, 9.17) is 10.5 Å². The van der Waals surface area contributed by atoms with E-state index >= 15 is 0 Å². The molecule has 0 bridgehead atoms. The first-order valence-corrected chi connectivity index (χ1v) is 9.76. The molecule has 2 aliphatic heterocycles. The molecule has 2 aliphatic rings. The van der Waals surface area contributed by atoms with Gasteiger partial charge in [0.1, 0.15) is 11.5 Å². The van der Waals surface area contributed by atoms with Crippen LogP contribution in [-0.2, 0) is 14.3 Å². The number of nitrogens with two attached hydrogens (primary N) is 1. The van der Waals surface area contributed by atoms with Crippen LogP contribution >= 0.6 is 0 Å². The molecule has 0 spiro atoms. The number of esters is 1. The van der Waals surface area contributed by atoms with Crippen LogP contribution in [0.5, 0.6) is 0 Å². The van der Waals surface area contributed by atoms with Crippen LogP contribution in [0.25, 0.3) is 0 Å². The van der Waals surface area contributed by atoms with Crippen molar-refractivity contribution in [3.05, 3.63) is 29.6 Å². The topological polar surface area (TPSA) is 101 Å². The Morgan fingerprint density at radius 1 is 1.29 bits per heavy atom. The van der Waals surface area contributed by atoms with Crippen LogP contribution < -0.4 is 15.5 Å². The fourth-order valence-corrected chi connectivity index (χ4v) is 3.53. The monoisotopic (exact) mass is 385 g/mol. The lowest BCUT2D eigenvalue weighted by molar-refractivity contribution is -0.138. The van der Waals surface area contributed by atoms with Crippen LogP contribution in [0.4, 0.5) is 11.5 Å². The van der Waals surface area contributed by atoms with Crippen LogP contribution in [0.1, 0.15) is 33.1 Å². The van der Waals surface area contributed by atoms with Gasteiger partial charge >= 0.3 is 5.97 Å². The molecule has 8 nitrogen and oxygen atoms in total. The minimum Gasteiger partial charge on any atom is -0.461 e. The van der Waals surface area contributed by atoms with Crippen molar-refractivity contribution in [3.63, 3.8) is 0 Å². The highest BCUT2D eigenvalue weighted by atomic mass is 16.5. The van der Waals surface area contributed by atoms with Crippen LogP contribution in [-0.4, -0.2) is 55.4 Å². The Hall–Kier alpha value is -2.90. The molecular formula is C20H27N5O3. The molecule has 0 saturated carbocycles. The number of hydrogen-bond donors (Lipinski definition) is 1. The number of carbonyl (C=O) groups is 2. The first kappa shape index (κ1) is 19.9. The minimum absolute atomic E-state index is 0.109. The fraction of sp³-hybridized carbons (Fsp3) is 0.500. The predicted molar refractivity (Wildman–Crippen MR) is 108 cm³/mol. The number of piperidine rings is 1. The number of rotatable bonds is 5. The van der Waals surface area contributed by atoms with Gasteiger partial charge in [0.05, 0.1) is 18.5 Å². The Morgan fingerprint density at radius 3 is 2.71 bits per heavy atom. The van der Waals surface area contributed by atoms with Gasteiger partial charge < -0.3 is 20.3 Å². The summed E-state index contributed by atoms with van der Waals surface area (Å²) in [6.07, 6.45) is 3.88. The zero-order valence-electron chi connectivity index (χ0n) is 16.5. The molecule has 2 fully saturated rings. The van der Waals surface area contributed by atoms with Crippen LogP contribution in [0.3, 0.4) is 0 Å². The van der Waals surface area contributed by atoms with Gasteiger partial charge in [-0.2, -0.15) is 0 Å². The summed E-state index contributed by atoms with van der Waals surface area (Å²) in [4.78, 5) is 36.9. The number of ether oxygens (including phenoxy) is 1. The molecule has 150 valence electrons. The lowest BCUT2D eigenvalue weighted by Crippen LogP contribution is -2.39. The molecule has 28 heavy (non-hydrogen) atoms. The van der Waals surface area contributed by atoms with Crippen molar-refractivity contribution < 1.29 is 14.3 Å². The Balaban J connectivity index is 1.81. The minimum atomic E-state index is -0.515. The molecule has 2 saturated heterocycles. The molecule has 1 amide bonds. The van der Waals surface area contributed by atoms with Crippen molar-refractivity contribution >= 4 is 29.1 Å². The van der Waals surface area contributed by atoms with Gasteiger partial charge in [0.25, 0.3) is 0 Å². The van der Waals surface area contributed by atoms with Crippen molar-refractivity contribution in [1.82, 2.24) is 4.98 Å². The van der Waals surface area contributed by atoms with Gasteiger partial charge in [0, 0.05) is 50.3 Å². The van der Waals surface area contributed by atoms with E-state index in [0.29, 0.717) is 31.5 Å². The van der Waals surface area contributed by atoms with Crippen LogP contribution in [0.2, 0.25) is 0 Å². The van der Waals surface area contributed by atoms with Crippen molar-refractivity contribution in [2.45, 2.75) is 33.1 Å². The Kier molecular flexibility index (Phi) is 6.28. The summed E-state index contributed by atoms with van der Waals surface area (Å²) in [7, 11) is 0. The third kappa shape index (κ3) is 4.16. The van der Waals surface area contributed by atoms with Gasteiger partial charge in [-0.25, -0.2) is 9.78 Å². The van der Waals surface area contributed by atoms with Crippen molar-refractivity contribution in [3.8, 4) is 0 Å². The quantitative estimate of drug-likeness (QED) is 0.611. The third-order valence-electron chi connectivity index (χ3n) is 4.93. The second kappa shape index (κ2) is 8.86. The number of amides is 1. The van der Waals surface area contributed by atoms with Crippen molar-refractivity contribution in [1.29, 1.82) is 0 Å². The average molecular weight is 385 g/mol. The first-order valence-electron chi connectivity index (χ1n) is 9.76. The molecule has 0 unspecified atom stereocenters. The van der Waals surface area contributed by atoms with E-state index in [-0.39, 0.29) is 18.2 Å². The SMILES string of the molecule is CCN=C1CCN(c2ccc(N3CCCC3=O)cn2)C/C1=C(/N)C(=O)OCC. The Bertz CT molecular complexity index is 801. The van der Waals surface area contributed by atoms with Gasteiger partial charge in [-0.1, -0.05) is 0 Å². The molecule has 0 aliphatic carbocycles. The molecular weight excluding hydrogens is 358 g/mol. The summed E-state index contributed by atoms with van der Waals surface area (Å²) in [5.41, 5.74) is 8.57. The summed E-state index contributed by atoms with van der Waals surface area (Å²) in [5.74, 6) is 0.402. The van der Waals surface area contributed by atoms with E-state index in [1.54, 1.807) is 18.0 Å². The summed E-state index contributed by atoms with van der Waals surface area (Å²) in [6.45, 7) is 6.52. The molecule has 0 atom stereocenters. The van der Waals surface area contributed by atoms with Crippen LogP contribution in [0.15, 0.2) is 34.6 Å². The van der Waals surface area contributed by atoms with Gasteiger partial charge in [0.15, 0.2) is 0 Å². The largest absolute Gasteiger partial charge is 0.461 e. The highest BCUT2D eigenvalue weighted by Gasteiger charge is 2.27. The summed E-state index contributed by atoms with van der Waals surface area (Å²) in [6, 6.07) is 3.82. The smallest absolute Gasteiger partial charge is 0.354 e. The fourth-order valence-electron chi connectivity index (χ4n) is 3.53. The maximum atomic E-state index is 12.1. The van der Waals surface area contributed by atoms with Crippen molar-refractivity contribution in [2.75, 3.05) is 42.6 Å². The van der Waals surface area contributed by atoms with Gasteiger partial charge in [0.2, 0.25) is 5.91 Å². The van der Waals surface area contributed by atoms with Crippen molar-refractivity contribution in [2.24, 2.45) is 10.7 Å². The van der Waals surface area contributed by atoms with Crippen LogP contribution in [0, 0.1) is 0 Å². The average Bonchev–Trinajstić information content (AvgIpc) is 3.14. The maximum absolute atomic E-state index is 12.1. The molecule has 1 aromatic rings. The van der Waals surface area contributed by atoms with E-state index in [1.165, 1.54) is 0 Å². The van der Waals surface area contributed by atoms with E-state index in [2.05, 4.69) is 14.9 Å². The zero-order chi connectivity index (χ0) is 20.1. The number of nitrogens with zero attached hydrogens (tertiary/aromatic N) is 4. The normalized spacial score (nSPS) is 20.6. The number of hydrogen-bond acceptors (Lipinski definition) is 7.